The van der Waals surface area contributed by atoms with Crippen LogP contribution in [0.5, 0.6) is 5.75 Å². The lowest BCUT2D eigenvalue weighted by atomic mass is 9.97. The van der Waals surface area contributed by atoms with E-state index in [4.69, 9.17) is 9.26 Å². The predicted molar refractivity (Wildman–Crippen MR) is 130 cm³/mol. The van der Waals surface area contributed by atoms with E-state index in [0.29, 0.717) is 24.3 Å². The maximum Gasteiger partial charge on any atom is 0.248 e. The highest BCUT2D eigenvalue weighted by molar-refractivity contribution is 7.89. The fraction of sp³-hybridized carbons (Fsp3) is 0.280. The number of hydrogen-bond donors (Lipinski definition) is 1. The number of nitrogens with one attached hydrogen (secondary N) is 1. The van der Waals surface area contributed by atoms with Crippen molar-refractivity contribution in [3.63, 3.8) is 0 Å². The summed E-state index contributed by atoms with van der Waals surface area (Å²) >= 11 is 0. The lowest BCUT2D eigenvalue weighted by molar-refractivity contribution is -0.120. The lowest BCUT2D eigenvalue weighted by Gasteiger charge is -2.30. The molecular weight excluding hydrogens is 473 g/mol. The van der Waals surface area contributed by atoms with Gasteiger partial charge in [0.1, 0.15) is 17.3 Å². The number of anilines is 1. The topological polar surface area (TPSA) is 102 Å². The Morgan fingerprint density at radius 1 is 1.17 bits per heavy atom. The molecule has 0 saturated carbocycles. The summed E-state index contributed by atoms with van der Waals surface area (Å²) in [6, 6.07) is 12.9. The Bertz CT molecular complexity index is 1330. The Morgan fingerprint density at radius 3 is 2.54 bits per heavy atom. The molecule has 2 heterocycles. The average molecular weight is 500 g/mol. The monoisotopic (exact) mass is 499 g/mol. The van der Waals surface area contributed by atoms with Crippen LogP contribution in [0.2, 0.25) is 0 Å². The smallest absolute Gasteiger partial charge is 0.248 e. The van der Waals surface area contributed by atoms with Crippen molar-refractivity contribution in [2.75, 3.05) is 25.5 Å². The Labute approximate surface area is 203 Å². The zero-order valence-electron chi connectivity index (χ0n) is 19.4. The van der Waals surface area contributed by atoms with Gasteiger partial charge in [-0.05, 0) is 61.7 Å². The minimum Gasteiger partial charge on any atom is -0.497 e. The van der Waals surface area contributed by atoms with Crippen molar-refractivity contribution in [3.05, 3.63) is 71.4 Å². The molecule has 0 aliphatic carbocycles. The van der Waals surface area contributed by atoms with Crippen LogP contribution in [0.4, 0.5) is 10.1 Å². The summed E-state index contributed by atoms with van der Waals surface area (Å²) in [5.74, 6) is -0.206. The quantitative estimate of drug-likeness (QED) is 0.519. The normalized spacial score (nSPS) is 15.4. The zero-order valence-corrected chi connectivity index (χ0v) is 20.2. The van der Waals surface area contributed by atoms with Crippen LogP contribution < -0.4 is 10.1 Å². The van der Waals surface area contributed by atoms with E-state index in [-0.39, 0.29) is 41.3 Å². The molecule has 4 rings (SSSR count). The second-order valence-corrected chi connectivity index (χ2v) is 10.1. The number of sulfonamides is 1. The maximum atomic E-state index is 13.4. The first-order valence-electron chi connectivity index (χ1n) is 11.1. The summed E-state index contributed by atoms with van der Waals surface area (Å²) < 4.78 is 52.0. The number of piperidine rings is 1. The van der Waals surface area contributed by atoms with Gasteiger partial charge in [-0.2, -0.15) is 4.31 Å². The van der Waals surface area contributed by atoms with Gasteiger partial charge in [0, 0.05) is 24.7 Å². The fourth-order valence-corrected chi connectivity index (χ4v) is 5.70. The third-order valence-electron chi connectivity index (χ3n) is 5.89. The average Bonchev–Trinajstić information content (AvgIpc) is 3.24. The Morgan fingerprint density at radius 2 is 1.89 bits per heavy atom. The van der Waals surface area contributed by atoms with Gasteiger partial charge in [-0.15, -0.1) is 0 Å². The van der Waals surface area contributed by atoms with Crippen molar-refractivity contribution in [1.82, 2.24) is 9.46 Å². The van der Waals surface area contributed by atoms with Crippen LogP contribution in [0.15, 0.2) is 57.9 Å². The number of carbonyl (C=O) groups is 1. The maximum absolute atomic E-state index is 13.4. The Kier molecular flexibility index (Phi) is 7.32. The molecule has 1 fully saturated rings. The van der Waals surface area contributed by atoms with Crippen molar-refractivity contribution < 1.29 is 26.9 Å². The Hall–Kier alpha value is -3.50. The molecule has 1 aliphatic rings. The molecule has 184 valence electrons. The molecule has 0 atom stereocenters. The minimum absolute atomic E-state index is 0.0184. The van der Waals surface area contributed by atoms with Gasteiger partial charge in [0.2, 0.25) is 15.9 Å². The number of methoxy groups -OCH3 is 1. The number of ether oxygens (including phenoxy) is 1. The van der Waals surface area contributed by atoms with E-state index in [9.17, 15) is 17.6 Å². The van der Waals surface area contributed by atoms with Crippen molar-refractivity contribution in [2.45, 2.75) is 24.7 Å². The van der Waals surface area contributed by atoms with E-state index < -0.39 is 15.8 Å². The van der Waals surface area contributed by atoms with Crippen LogP contribution in [0, 0.1) is 18.7 Å². The van der Waals surface area contributed by atoms with Gasteiger partial charge in [-0.1, -0.05) is 29.4 Å². The third-order valence-corrected chi connectivity index (χ3v) is 7.95. The molecular formula is C25H26FN3O5S. The van der Waals surface area contributed by atoms with Gasteiger partial charge >= 0.3 is 0 Å². The minimum atomic E-state index is -3.88. The number of nitrogens with zero attached hydrogens (tertiary/aromatic N) is 2. The summed E-state index contributed by atoms with van der Waals surface area (Å²) in [5, 5.41) is 6.57. The molecule has 0 unspecified atom stereocenters. The molecule has 1 aliphatic heterocycles. The van der Waals surface area contributed by atoms with E-state index >= 15 is 0 Å². The van der Waals surface area contributed by atoms with Crippen molar-refractivity contribution >= 4 is 33.8 Å². The van der Waals surface area contributed by atoms with Crippen molar-refractivity contribution in [3.8, 4) is 5.75 Å². The molecule has 1 N–H and O–H groups in total. The fourth-order valence-electron chi connectivity index (χ4n) is 3.98. The highest BCUT2D eigenvalue weighted by Gasteiger charge is 2.36. The largest absolute Gasteiger partial charge is 0.497 e. The standard InChI is InChI=1S/C25H26FN3O5S/c1-17-24(23(34-28-17)11-8-18-6-9-22(33-2)10-7-18)35(31,32)29-14-12-19(13-15-29)25(30)27-21-5-3-4-20(26)16-21/h3-11,16,19H,12-15H2,1-2H3,(H,27,30)/b11-8-. The highest BCUT2D eigenvalue weighted by Crippen LogP contribution is 2.30. The van der Waals surface area contributed by atoms with Crippen LogP contribution in [0.1, 0.15) is 29.9 Å². The van der Waals surface area contributed by atoms with Crippen LogP contribution in [0.3, 0.4) is 0 Å². The second-order valence-electron chi connectivity index (χ2n) is 8.25. The first-order chi connectivity index (χ1) is 16.8. The molecule has 2 aromatic carbocycles. The molecule has 1 saturated heterocycles. The molecule has 0 radical (unpaired) electrons. The van der Waals surface area contributed by atoms with Gasteiger partial charge in [0.05, 0.1) is 7.11 Å². The van der Waals surface area contributed by atoms with Gasteiger partial charge in [0.15, 0.2) is 10.7 Å². The van der Waals surface area contributed by atoms with E-state index in [1.54, 1.807) is 44.4 Å². The Balaban J connectivity index is 1.44. The second kappa shape index (κ2) is 10.4. The van der Waals surface area contributed by atoms with Gasteiger partial charge in [-0.3, -0.25) is 4.79 Å². The van der Waals surface area contributed by atoms with Crippen LogP contribution in [-0.4, -0.2) is 44.0 Å². The third kappa shape index (κ3) is 5.60. The number of benzene rings is 2. The van der Waals surface area contributed by atoms with Crippen molar-refractivity contribution in [2.24, 2.45) is 5.92 Å². The molecule has 0 bridgehead atoms. The first kappa shape index (κ1) is 24.6. The van der Waals surface area contributed by atoms with E-state index in [2.05, 4.69) is 10.5 Å². The molecule has 3 aromatic rings. The number of carbonyl (C=O) groups excluding carboxylic acids is 1. The molecule has 1 amide bonds. The molecule has 10 heteroatoms. The van der Waals surface area contributed by atoms with Crippen LogP contribution >= 0.6 is 0 Å². The van der Waals surface area contributed by atoms with E-state index in [0.717, 1.165) is 5.56 Å². The summed E-state index contributed by atoms with van der Waals surface area (Å²) in [6.45, 7) is 1.94. The number of aryl methyl sites for hydroxylation is 1. The number of aromatic nitrogens is 1. The van der Waals surface area contributed by atoms with Gasteiger partial charge in [-0.25, -0.2) is 12.8 Å². The zero-order chi connectivity index (χ0) is 25.0. The highest BCUT2D eigenvalue weighted by atomic mass is 32.2. The summed E-state index contributed by atoms with van der Waals surface area (Å²) in [4.78, 5) is 12.6. The molecule has 35 heavy (non-hydrogen) atoms. The van der Waals surface area contributed by atoms with Gasteiger partial charge < -0.3 is 14.6 Å². The van der Waals surface area contributed by atoms with Crippen LogP contribution in [0.25, 0.3) is 12.2 Å². The van der Waals surface area contributed by atoms with Gasteiger partial charge in [0.25, 0.3) is 0 Å². The van der Waals surface area contributed by atoms with Crippen molar-refractivity contribution in [1.29, 1.82) is 0 Å². The number of hydrogen-bond acceptors (Lipinski definition) is 6. The number of amides is 1. The van der Waals surface area contributed by atoms with E-state index in [1.807, 2.05) is 12.1 Å². The molecule has 0 spiro atoms. The summed E-state index contributed by atoms with van der Waals surface area (Å²) in [5.41, 5.74) is 1.48. The molecule has 8 nitrogen and oxygen atoms in total. The number of halogens is 1. The first-order valence-corrected chi connectivity index (χ1v) is 12.6. The van der Waals surface area contributed by atoms with E-state index in [1.165, 1.54) is 22.5 Å². The number of rotatable bonds is 7. The SMILES string of the molecule is COc1ccc(/C=C\c2onc(C)c2S(=O)(=O)N2CCC(C(=O)Nc3cccc(F)c3)CC2)cc1. The predicted octanol–water partition coefficient (Wildman–Crippen LogP) is 4.34. The van der Waals surface area contributed by atoms with Crippen LogP contribution in [-0.2, 0) is 14.8 Å². The lowest BCUT2D eigenvalue weighted by Crippen LogP contribution is -2.41. The molecule has 1 aromatic heterocycles. The summed E-state index contributed by atoms with van der Waals surface area (Å²) in [7, 11) is -2.30. The summed E-state index contributed by atoms with van der Waals surface area (Å²) in [6.07, 6.45) is 4.01.